The first kappa shape index (κ1) is 17.5. The third kappa shape index (κ3) is 3.15. The predicted molar refractivity (Wildman–Crippen MR) is 104 cm³/mol. The molecule has 136 valence electrons. The van der Waals surface area contributed by atoms with E-state index in [1.807, 2.05) is 6.07 Å². The first-order chi connectivity index (χ1) is 13.1. The molecule has 0 bridgehead atoms. The third-order valence-electron chi connectivity index (χ3n) is 4.22. The topological polar surface area (TPSA) is 84.7 Å². The van der Waals surface area contributed by atoms with Crippen LogP contribution in [-0.2, 0) is 4.79 Å². The zero-order valence-electron chi connectivity index (χ0n) is 14.1. The first-order valence-electron chi connectivity index (χ1n) is 8.10. The van der Waals surface area contributed by atoms with Crippen molar-refractivity contribution in [3.05, 3.63) is 75.8 Å². The van der Waals surface area contributed by atoms with E-state index in [1.165, 1.54) is 6.33 Å². The molecule has 1 amide bonds. The molecule has 0 fully saturated rings. The van der Waals surface area contributed by atoms with E-state index in [-0.39, 0.29) is 5.91 Å². The number of hydrogen-bond acceptors (Lipinski definition) is 5. The molecule has 1 aromatic carbocycles. The third-order valence-corrected chi connectivity index (χ3v) is 5.06. The zero-order valence-corrected chi connectivity index (χ0v) is 15.7. The van der Waals surface area contributed by atoms with E-state index in [0.717, 1.165) is 0 Å². The van der Waals surface area contributed by atoms with E-state index in [1.54, 1.807) is 48.1 Å². The molecule has 0 saturated heterocycles. The highest BCUT2D eigenvalue weighted by Gasteiger charge is 2.35. The Morgan fingerprint density at radius 1 is 1.19 bits per heavy atom. The normalized spacial score (nSPS) is 15.9. The maximum Gasteiger partial charge on any atom is 0.257 e. The van der Waals surface area contributed by atoms with Crippen molar-refractivity contribution in [2.45, 2.75) is 13.0 Å². The molecule has 9 heteroatoms. The summed E-state index contributed by atoms with van der Waals surface area (Å²) in [5.41, 5.74) is 1.75. The molecule has 0 aliphatic carbocycles. The molecular formula is C18H14Cl2N6O. The van der Waals surface area contributed by atoms with Gasteiger partial charge >= 0.3 is 0 Å². The Kier molecular flexibility index (Phi) is 4.55. The van der Waals surface area contributed by atoms with Crippen LogP contribution in [0.4, 0.5) is 11.8 Å². The van der Waals surface area contributed by atoms with Crippen molar-refractivity contribution in [1.82, 2.24) is 19.7 Å². The van der Waals surface area contributed by atoms with E-state index in [2.05, 4.69) is 25.7 Å². The standard InChI is InChI=1S/C18H14Cl2N6O/c1-10-14(17(27)25-13-7-2-3-8-21-13)16(26-18(24-10)22-9-23-26)11-5-4-6-12(19)15(11)20/h2-9,16H,1H3,(H,21,25,27)(H,22,23,24)/t16-/m0/s1. The minimum absolute atomic E-state index is 0.319. The number of nitrogens with zero attached hydrogens (tertiary/aromatic N) is 4. The summed E-state index contributed by atoms with van der Waals surface area (Å²) in [6.45, 7) is 1.80. The fraction of sp³-hybridized carbons (Fsp3) is 0.111. The Balaban J connectivity index is 1.82. The van der Waals surface area contributed by atoms with Crippen LogP contribution in [0.2, 0.25) is 10.0 Å². The predicted octanol–water partition coefficient (Wildman–Crippen LogP) is 3.91. The van der Waals surface area contributed by atoms with E-state index >= 15 is 0 Å². The van der Waals surface area contributed by atoms with Crippen LogP contribution in [0.5, 0.6) is 0 Å². The lowest BCUT2D eigenvalue weighted by Gasteiger charge is -2.29. The number of halogens is 2. The molecule has 0 saturated carbocycles. The number of allylic oxidation sites excluding steroid dienone is 1. The lowest BCUT2D eigenvalue weighted by molar-refractivity contribution is -0.113. The lowest BCUT2D eigenvalue weighted by atomic mass is 9.95. The summed E-state index contributed by atoms with van der Waals surface area (Å²) in [5.74, 6) is 0.645. The second kappa shape index (κ2) is 7.02. The molecule has 2 N–H and O–H groups in total. The van der Waals surface area contributed by atoms with Crippen molar-refractivity contribution >= 4 is 40.9 Å². The molecule has 3 aromatic rings. The summed E-state index contributed by atoms with van der Waals surface area (Å²) in [6.07, 6.45) is 3.03. The fourth-order valence-corrected chi connectivity index (χ4v) is 3.44. The zero-order chi connectivity index (χ0) is 19.0. The van der Waals surface area contributed by atoms with Crippen LogP contribution in [0.25, 0.3) is 0 Å². The van der Waals surface area contributed by atoms with Gasteiger partial charge in [0.15, 0.2) is 0 Å². The van der Waals surface area contributed by atoms with E-state index in [9.17, 15) is 4.79 Å². The van der Waals surface area contributed by atoms with Crippen molar-refractivity contribution in [2.24, 2.45) is 0 Å². The number of amides is 1. The molecule has 2 aromatic heterocycles. The summed E-state index contributed by atoms with van der Waals surface area (Å²) in [5, 5.41) is 11.0. The van der Waals surface area contributed by atoms with Crippen LogP contribution in [0.3, 0.4) is 0 Å². The second-order valence-corrected chi connectivity index (χ2v) is 6.69. The maximum absolute atomic E-state index is 13.1. The van der Waals surface area contributed by atoms with Crippen LogP contribution in [0.15, 0.2) is 60.2 Å². The SMILES string of the molecule is CC1=C(C(=O)Nc2ccccn2)[C@H](c2cccc(Cl)c2Cl)n2ncnc2N1. The molecular weight excluding hydrogens is 387 g/mol. The van der Waals surface area contributed by atoms with E-state index in [0.29, 0.717) is 38.6 Å². The molecule has 7 nitrogen and oxygen atoms in total. The molecule has 0 spiro atoms. The number of nitrogens with one attached hydrogen (secondary N) is 2. The van der Waals surface area contributed by atoms with Gasteiger partial charge in [0, 0.05) is 17.5 Å². The minimum atomic E-state index is -0.585. The number of rotatable bonds is 3. The van der Waals surface area contributed by atoms with Crippen molar-refractivity contribution in [3.8, 4) is 0 Å². The van der Waals surface area contributed by atoms with Crippen molar-refractivity contribution in [2.75, 3.05) is 10.6 Å². The van der Waals surface area contributed by atoms with Crippen molar-refractivity contribution in [3.63, 3.8) is 0 Å². The molecule has 1 aliphatic rings. The number of carbonyl (C=O) groups excluding carboxylic acids is 1. The Morgan fingerprint density at radius 2 is 2.04 bits per heavy atom. The van der Waals surface area contributed by atoms with Gasteiger partial charge in [0.1, 0.15) is 18.2 Å². The molecule has 27 heavy (non-hydrogen) atoms. The average Bonchev–Trinajstić information content (AvgIpc) is 3.12. The van der Waals surface area contributed by atoms with Gasteiger partial charge in [0.25, 0.3) is 5.91 Å². The summed E-state index contributed by atoms with van der Waals surface area (Å²) >= 11 is 12.7. The molecule has 4 rings (SSSR count). The number of benzene rings is 1. The fourth-order valence-electron chi connectivity index (χ4n) is 3.02. The van der Waals surface area contributed by atoms with Gasteiger partial charge in [0.2, 0.25) is 5.95 Å². The number of pyridine rings is 1. The average molecular weight is 401 g/mol. The highest BCUT2D eigenvalue weighted by atomic mass is 35.5. The monoisotopic (exact) mass is 400 g/mol. The van der Waals surface area contributed by atoms with Crippen molar-refractivity contribution < 1.29 is 4.79 Å². The highest BCUT2D eigenvalue weighted by Crippen LogP contribution is 2.40. The number of anilines is 2. The highest BCUT2D eigenvalue weighted by molar-refractivity contribution is 6.42. The largest absolute Gasteiger partial charge is 0.328 e. The van der Waals surface area contributed by atoms with Gasteiger partial charge in [-0.3, -0.25) is 4.79 Å². The Labute approximate surface area is 165 Å². The first-order valence-corrected chi connectivity index (χ1v) is 8.85. The minimum Gasteiger partial charge on any atom is -0.328 e. The van der Waals surface area contributed by atoms with Crippen LogP contribution in [-0.4, -0.2) is 25.7 Å². The Hall–Kier alpha value is -2.90. The van der Waals surface area contributed by atoms with Gasteiger partial charge in [-0.05, 0) is 25.1 Å². The molecule has 1 atom stereocenters. The Bertz CT molecular complexity index is 1050. The Morgan fingerprint density at radius 3 is 2.81 bits per heavy atom. The molecule has 3 heterocycles. The number of carbonyl (C=O) groups is 1. The summed E-state index contributed by atoms with van der Waals surface area (Å²) in [4.78, 5) is 21.4. The van der Waals surface area contributed by atoms with Gasteiger partial charge in [-0.25, -0.2) is 9.67 Å². The van der Waals surface area contributed by atoms with Gasteiger partial charge in [-0.1, -0.05) is 41.4 Å². The number of hydrogen-bond donors (Lipinski definition) is 2. The second-order valence-electron chi connectivity index (χ2n) is 5.91. The van der Waals surface area contributed by atoms with Crippen LogP contribution < -0.4 is 10.6 Å². The molecule has 1 aliphatic heterocycles. The van der Waals surface area contributed by atoms with Gasteiger partial charge in [0.05, 0.1) is 15.6 Å². The smallest absolute Gasteiger partial charge is 0.257 e. The van der Waals surface area contributed by atoms with E-state index in [4.69, 9.17) is 23.2 Å². The maximum atomic E-state index is 13.1. The molecule has 0 radical (unpaired) electrons. The van der Waals surface area contributed by atoms with Crippen LogP contribution in [0.1, 0.15) is 18.5 Å². The van der Waals surface area contributed by atoms with E-state index < -0.39 is 6.04 Å². The number of fused-ring (bicyclic) bond motifs is 1. The quantitative estimate of drug-likeness (QED) is 0.695. The van der Waals surface area contributed by atoms with Gasteiger partial charge in [-0.2, -0.15) is 10.1 Å². The summed E-state index contributed by atoms with van der Waals surface area (Å²) in [6, 6.07) is 10.00. The van der Waals surface area contributed by atoms with Crippen LogP contribution in [0, 0.1) is 0 Å². The summed E-state index contributed by atoms with van der Waals surface area (Å²) < 4.78 is 1.61. The van der Waals surface area contributed by atoms with Gasteiger partial charge in [-0.15, -0.1) is 0 Å². The van der Waals surface area contributed by atoms with Crippen molar-refractivity contribution in [1.29, 1.82) is 0 Å². The molecule has 0 unspecified atom stereocenters. The lowest BCUT2D eigenvalue weighted by Crippen LogP contribution is -2.31. The van der Waals surface area contributed by atoms with Crippen LogP contribution >= 0.6 is 23.2 Å². The number of aromatic nitrogens is 4. The van der Waals surface area contributed by atoms with Gasteiger partial charge < -0.3 is 10.6 Å². The summed E-state index contributed by atoms with van der Waals surface area (Å²) in [7, 11) is 0.